The lowest BCUT2D eigenvalue weighted by molar-refractivity contribution is 0.337. The second-order valence-electron chi connectivity index (χ2n) is 18.4. The van der Waals surface area contributed by atoms with Crippen molar-refractivity contribution in [1.82, 2.24) is 0 Å². The van der Waals surface area contributed by atoms with E-state index in [0.29, 0.717) is 18.5 Å². The molecule has 0 fully saturated rings. The molecule has 64 heavy (non-hydrogen) atoms. The molecule has 0 amide bonds. The van der Waals surface area contributed by atoms with Crippen molar-refractivity contribution in [2.75, 3.05) is 12.8 Å². The fourth-order valence-corrected chi connectivity index (χ4v) is 10.6. The van der Waals surface area contributed by atoms with E-state index in [4.69, 9.17) is 26.7 Å². The van der Waals surface area contributed by atoms with Gasteiger partial charge in [0, 0.05) is 33.0 Å². The van der Waals surface area contributed by atoms with Crippen LogP contribution in [0.25, 0.3) is 54.6 Å². The first-order valence-corrected chi connectivity index (χ1v) is 24.3. The molecule has 1 aromatic heterocycles. The van der Waals surface area contributed by atoms with Gasteiger partial charge in [-0.1, -0.05) is 151 Å². The van der Waals surface area contributed by atoms with E-state index in [2.05, 4.69) is 146 Å². The number of hydrogen-bond acceptors (Lipinski definition) is 6. The van der Waals surface area contributed by atoms with Crippen molar-refractivity contribution >= 4 is 60.1 Å². The van der Waals surface area contributed by atoms with Crippen LogP contribution >= 0.6 is 16.6 Å². The van der Waals surface area contributed by atoms with E-state index >= 15 is 0 Å². The molecule has 8 aromatic carbocycles. The first-order chi connectivity index (χ1) is 30.8. The molecule has 1 heterocycles. The molecule has 324 valence electrons. The molecule has 0 spiro atoms. The fraction of sp³-hybridized carbons (Fsp3) is 0.214. The van der Waals surface area contributed by atoms with Gasteiger partial charge in [0.1, 0.15) is 34.2 Å². The summed E-state index contributed by atoms with van der Waals surface area (Å²) in [5.74, 6) is 2.85. The van der Waals surface area contributed by atoms with Gasteiger partial charge in [-0.05, 0) is 106 Å². The molecule has 0 atom stereocenters. The molecule has 0 aliphatic carbocycles. The topological polar surface area (TPSA) is 63.2 Å². The number of fused-ring (bicyclic) bond motifs is 5. The zero-order chi connectivity index (χ0) is 44.6. The van der Waals surface area contributed by atoms with Gasteiger partial charge in [-0.25, -0.2) is 0 Å². The molecule has 0 aliphatic heterocycles. The Morgan fingerprint density at radius 1 is 0.484 bits per heavy atom. The molecular weight excluding hydrogens is 831 g/mol. The highest BCUT2D eigenvalue weighted by Crippen LogP contribution is 2.50. The van der Waals surface area contributed by atoms with Gasteiger partial charge in [0.15, 0.2) is 0 Å². The standard InChI is InChI=1S/C56H54O6P2/c1-37-33-45-46-34-38(2)36-48(56(6,7)8)54(46)62-64(61-53(45)47(35-37)55(3,4)5)60-50-30-28-40-20-16-18-26-44(40)52(50)51-43-25-17-15-19-39(43)27-29-49(51)57-31-32-63(58-41-21-11-9-12-22-41)59-42-23-13-10-14-24-42/h9-30,33-36H,31-32H2,1-8H3. The molecule has 0 aliphatic rings. The Labute approximate surface area is 378 Å². The molecule has 9 aromatic rings. The molecule has 0 saturated carbocycles. The lowest BCUT2D eigenvalue weighted by Gasteiger charge is -2.21. The average Bonchev–Trinajstić information content (AvgIpc) is 3.42. The van der Waals surface area contributed by atoms with E-state index in [1.54, 1.807) is 0 Å². The minimum atomic E-state index is -2.05. The van der Waals surface area contributed by atoms with Gasteiger partial charge in [0.2, 0.25) is 0 Å². The normalized spacial score (nSPS) is 12.0. The Hall–Kier alpha value is -6.19. The van der Waals surface area contributed by atoms with E-state index < -0.39 is 16.6 Å². The van der Waals surface area contributed by atoms with E-state index in [0.717, 1.165) is 94.1 Å². The van der Waals surface area contributed by atoms with Gasteiger partial charge in [0.05, 0.1) is 12.8 Å². The zero-order valence-electron chi connectivity index (χ0n) is 37.8. The zero-order valence-corrected chi connectivity index (χ0v) is 39.6. The molecule has 0 radical (unpaired) electrons. The van der Waals surface area contributed by atoms with E-state index in [1.807, 2.05) is 66.7 Å². The molecule has 0 N–H and O–H groups in total. The third kappa shape index (κ3) is 9.09. The van der Waals surface area contributed by atoms with Crippen molar-refractivity contribution in [1.29, 1.82) is 0 Å². The average molecular weight is 885 g/mol. The van der Waals surface area contributed by atoms with Crippen LogP contribution in [-0.4, -0.2) is 12.8 Å². The van der Waals surface area contributed by atoms with Crippen molar-refractivity contribution in [2.45, 2.75) is 66.2 Å². The number of para-hydroxylation sites is 2. The number of rotatable bonds is 11. The van der Waals surface area contributed by atoms with Gasteiger partial charge >= 0.3 is 8.24 Å². The van der Waals surface area contributed by atoms with Crippen LogP contribution in [0.4, 0.5) is 0 Å². The Morgan fingerprint density at radius 3 is 1.41 bits per heavy atom. The predicted molar refractivity (Wildman–Crippen MR) is 268 cm³/mol. The van der Waals surface area contributed by atoms with E-state index in [9.17, 15) is 0 Å². The van der Waals surface area contributed by atoms with Gasteiger partial charge in [-0.3, -0.25) is 0 Å². The van der Waals surface area contributed by atoms with Crippen LogP contribution in [0, 0.1) is 13.8 Å². The van der Waals surface area contributed by atoms with Gasteiger partial charge in [-0.15, -0.1) is 0 Å². The number of hydrogen-bond donors (Lipinski definition) is 0. The van der Waals surface area contributed by atoms with Gasteiger partial charge in [-0.2, -0.15) is 0 Å². The summed E-state index contributed by atoms with van der Waals surface area (Å²) in [6, 6.07) is 53.7. The lowest BCUT2D eigenvalue weighted by Crippen LogP contribution is -2.12. The maximum absolute atomic E-state index is 7.25. The second-order valence-corrected chi connectivity index (χ2v) is 20.9. The number of ether oxygens (including phenoxy) is 1. The fourth-order valence-electron chi connectivity index (χ4n) is 8.30. The first kappa shape index (κ1) is 43.1. The molecule has 6 nitrogen and oxygen atoms in total. The van der Waals surface area contributed by atoms with Crippen LogP contribution < -0.4 is 18.3 Å². The predicted octanol–water partition coefficient (Wildman–Crippen LogP) is 17.2. The summed E-state index contributed by atoms with van der Waals surface area (Å²) in [5, 5.41) is 6.23. The monoisotopic (exact) mass is 884 g/mol. The molecule has 8 heteroatoms. The van der Waals surface area contributed by atoms with Crippen molar-refractivity contribution in [2.24, 2.45) is 0 Å². The molecule has 0 unspecified atom stereocenters. The molecular formula is C56H54O6P2. The highest BCUT2D eigenvalue weighted by Gasteiger charge is 2.27. The van der Waals surface area contributed by atoms with Crippen molar-refractivity contribution in [3.05, 3.63) is 180 Å². The summed E-state index contributed by atoms with van der Waals surface area (Å²) in [5.41, 5.74) is 7.48. The van der Waals surface area contributed by atoms with E-state index in [1.165, 1.54) is 0 Å². The van der Waals surface area contributed by atoms with Crippen LogP contribution in [0.5, 0.6) is 23.0 Å². The Morgan fingerprint density at radius 2 is 0.922 bits per heavy atom. The molecule has 0 bridgehead atoms. The van der Waals surface area contributed by atoms with Gasteiger partial charge < -0.3 is 26.7 Å². The third-order valence-corrected chi connectivity index (χ3v) is 13.7. The summed E-state index contributed by atoms with van der Waals surface area (Å²) in [7, 11) is -3.45. The smallest absolute Gasteiger partial charge is 0.453 e. The number of aryl methyl sites for hydroxylation is 2. The van der Waals surface area contributed by atoms with Crippen LogP contribution in [0.3, 0.4) is 0 Å². The largest absolute Gasteiger partial charge is 0.492 e. The SMILES string of the molecule is Cc1cc(C(C)(C)C)c2op(Oc3ccc4ccccc4c3-c3c(OCCP(Oc4ccccc4)Oc4ccccc4)ccc4ccccc34)oc3c(C(C)(C)C)cc(C)cc3c2c1. The summed E-state index contributed by atoms with van der Waals surface area (Å²) >= 11 is 0. The lowest BCUT2D eigenvalue weighted by atomic mass is 9.83. The van der Waals surface area contributed by atoms with Crippen LogP contribution in [-0.2, 0) is 10.8 Å². The summed E-state index contributed by atoms with van der Waals surface area (Å²) in [4.78, 5) is 0. The Balaban J connectivity index is 1.21. The van der Waals surface area contributed by atoms with Crippen molar-refractivity contribution < 1.29 is 26.7 Å². The Kier molecular flexibility index (Phi) is 12.0. The van der Waals surface area contributed by atoms with Crippen molar-refractivity contribution in [3.8, 4) is 34.1 Å². The maximum Gasteiger partial charge on any atom is 0.453 e. The highest BCUT2D eigenvalue weighted by atomic mass is 31.2. The highest BCUT2D eigenvalue weighted by molar-refractivity contribution is 7.48. The maximum atomic E-state index is 7.25. The van der Waals surface area contributed by atoms with Crippen LogP contribution in [0.2, 0.25) is 0 Å². The summed E-state index contributed by atoms with van der Waals surface area (Å²) in [6.07, 6.45) is 0.515. The van der Waals surface area contributed by atoms with Crippen molar-refractivity contribution in [3.63, 3.8) is 0 Å². The minimum absolute atomic E-state index is 0.222. The second kappa shape index (κ2) is 17.8. The summed E-state index contributed by atoms with van der Waals surface area (Å²) < 4.78 is 41.3. The molecule has 0 saturated heterocycles. The minimum Gasteiger partial charge on any atom is -0.492 e. The van der Waals surface area contributed by atoms with Crippen LogP contribution in [0.15, 0.2) is 166 Å². The third-order valence-electron chi connectivity index (χ3n) is 11.3. The molecule has 9 rings (SSSR count). The quantitative estimate of drug-likeness (QED) is 0.121. The van der Waals surface area contributed by atoms with Gasteiger partial charge in [0.25, 0.3) is 8.38 Å². The van der Waals surface area contributed by atoms with Crippen LogP contribution in [0.1, 0.15) is 63.8 Å². The van der Waals surface area contributed by atoms with E-state index in [-0.39, 0.29) is 10.8 Å². The number of benzene rings is 8. The first-order valence-electron chi connectivity index (χ1n) is 21.8. The summed E-state index contributed by atoms with van der Waals surface area (Å²) in [6.45, 7) is 18.0. The Bertz CT molecular complexity index is 3040.